The van der Waals surface area contributed by atoms with Crippen molar-refractivity contribution in [3.05, 3.63) is 35.1 Å². The molecule has 0 bridgehead atoms. The molecule has 1 heterocycles. The summed E-state index contributed by atoms with van der Waals surface area (Å²) in [7, 11) is 0. The van der Waals surface area contributed by atoms with Gasteiger partial charge in [-0.2, -0.15) is 0 Å². The quantitative estimate of drug-likeness (QED) is 0.863. The molecule has 114 valence electrons. The first-order valence-electron chi connectivity index (χ1n) is 7.05. The van der Waals surface area contributed by atoms with Gasteiger partial charge < -0.3 is 16.0 Å². The predicted molar refractivity (Wildman–Crippen MR) is 77.3 cm³/mol. The second-order valence-electron chi connectivity index (χ2n) is 5.38. The summed E-state index contributed by atoms with van der Waals surface area (Å²) in [6, 6.07) is 4.31. The van der Waals surface area contributed by atoms with Gasteiger partial charge in [-0.05, 0) is 44.0 Å². The predicted octanol–water partition coefficient (Wildman–Crippen LogP) is 0.814. The van der Waals surface area contributed by atoms with E-state index in [2.05, 4.69) is 5.32 Å². The van der Waals surface area contributed by atoms with Crippen LogP contribution in [0.15, 0.2) is 18.2 Å². The summed E-state index contributed by atoms with van der Waals surface area (Å²) in [5, 5.41) is 3.18. The average molecular weight is 293 g/mol. The van der Waals surface area contributed by atoms with Gasteiger partial charge in [0.2, 0.25) is 5.91 Å². The number of carbonyl (C=O) groups is 2. The Bertz CT molecular complexity index is 542. The summed E-state index contributed by atoms with van der Waals surface area (Å²) in [6.07, 6.45) is 1.68. The van der Waals surface area contributed by atoms with Crippen LogP contribution in [-0.2, 0) is 4.79 Å². The third-order valence-corrected chi connectivity index (χ3v) is 3.65. The van der Waals surface area contributed by atoms with Crippen molar-refractivity contribution in [2.45, 2.75) is 25.8 Å². The summed E-state index contributed by atoms with van der Waals surface area (Å²) in [6.45, 7) is 3.03. The normalized spacial score (nSPS) is 18.3. The second-order valence-corrected chi connectivity index (χ2v) is 5.38. The highest BCUT2D eigenvalue weighted by Crippen LogP contribution is 2.17. The summed E-state index contributed by atoms with van der Waals surface area (Å²) in [5.74, 6) is -1.65. The van der Waals surface area contributed by atoms with Gasteiger partial charge in [0, 0.05) is 12.6 Å². The Morgan fingerprint density at radius 2 is 2.24 bits per heavy atom. The van der Waals surface area contributed by atoms with Crippen LogP contribution < -0.4 is 11.1 Å². The van der Waals surface area contributed by atoms with E-state index in [0.717, 1.165) is 24.9 Å². The molecule has 0 saturated carbocycles. The van der Waals surface area contributed by atoms with Crippen LogP contribution in [0.3, 0.4) is 0 Å². The molecule has 1 fully saturated rings. The maximum Gasteiger partial charge on any atom is 0.257 e. The lowest BCUT2D eigenvalue weighted by Crippen LogP contribution is -2.51. The SMILES string of the molecule is Cc1ccc(C(=O)N(CC(N)=O)C2CCCNC2)c(F)c1. The van der Waals surface area contributed by atoms with Crippen molar-refractivity contribution >= 4 is 11.8 Å². The summed E-state index contributed by atoms with van der Waals surface area (Å²) >= 11 is 0. The Kier molecular flexibility index (Phi) is 4.90. The molecule has 1 unspecified atom stereocenters. The number of rotatable bonds is 4. The number of primary amides is 1. The molecule has 6 heteroatoms. The van der Waals surface area contributed by atoms with Crippen molar-refractivity contribution in [2.24, 2.45) is 5.73 Å². The Labute approximate surface area is 123 Å². The molecule has 1 aliphatic heterocycles. The van der Waals surface area contributed by atoms with Crippen molar-refractivity contribution in [1.82, 2.24) is 10.2 Å². The van der Waals surface area contributed by atoms with Crippen LogP contribution in [0.5, 0.6) is 0 Å². The zero-order valence-electron chi connectivity index (χ0n) is 12.1. The number of aryl methyl sites for hydroxylation is 1. The molecular weight excluding hydrogens is 273 g/mol. The minimum Gasteiger partial charge on any atom is -0.368 e. The molecule has 0 aliphatic carbocycles. The number of hydrogen-bond donors (Lipinski definition) is 2. The van der Waals surface area contributed by atoms with Crippen molar-refractivity contribution < 1.29 is 14.0 Å². The maximum atomic E-state index is 14.0. The second kappa shape index (κ2) is 6.67. The zero-order chi connectivity index (χ0) is 15.4. The van der Waals surface area contributed by atoms with E-state index in [1.54, 1.807) is 13.0 Å². The molecule has 2 rings (SSSR count). The molecule has 5 nitrogen and oxygen atoms in total. The Morgan fingerprint density at radius 1 is 1.48 bits per heavy atom. The molecule has 0 aromatic heterocycles. The van der Waals surface area contributed by atoms with Crippen molar-refractivity contribution in [3.8, 4) is 0 Å². The van der Waals surface area contributed by atoms with Crippen LogP contribution >= 0.6 is 0 Å². The lowest BCUT2D eigenvalue weighted by atomic mass is 10.0. The smallest absolute Gasteiger partial charge is 0.257 e. The molecule has 1 atom stereocenters. The maximum absolute atomic E-state index is 14.0. The lowest BCUT2D eigenvalue weighted by Gasteiger charge is -2.34. The molecule has 21 heavy (non-hydrogen) atoms. The van der Waals surface area contributed by atoms with Crippen LogP contribution in [0.4, 0.5) is 4.39 Å². The standard InChI is InChI=1S/C15H20FN3O2/c1-10-4-5-12(13(16)7-10)15(21)19(9-14(17)20)11-3-2-6-18-8-11/h4-5,7,11,18H,2-3,6,8-9H2,1H3,(H2,17,20). The van der Waals surface area contributed by atoms with Gasteiger partial charge >= 0.3 is 0 Å². The fourth-order valence-electron chi connectivity index (χ4n) is 2.58. The van der Waals surface area contributed by atoms with Gasteiger partial charge in [0.05, 0.1) is 12.1 Å². The number of piperidine rings is 1. The number of halogens is 1. The molecule has 1 aliphatic rings. The van der Waals surface area contributed by atoms with Gasteiger partial charge in [-0.3, -0.25) is 9.59 Å². The average Bonchev–Trinajstić information content (AvgIpc) is 2.45. The first-order valence-corrected chi connectivity index (χ1v) is 7.05. The highest BCUT2D eigenvalue weighted by Gasteiger charge is 2.28. The minimum atomic E-state index is -0.596. The first-order chi connectivity index (χ1) is 9.99. The molecule has 1 aromatic rings. The van der Waals surface area contributed by atoms with Crippen LogP contribution in [0.2, 0.25) is 0 Å². The molecule has 0 spiro atoms. The van der Waals surface area contributed by atoms with E-state index in [1.165, 1.54) is 17.0 Å². The van der Waals surface area contributed by atoms with Gasteiger partial charge in [0.15, 0.2) is 0 Å². The van der Waals surface area contributed by atoms with Gasteiger partial charge in [0.1, 0.15) is 5.82 Å². The van der Waals surface area contributed by atoms with Crippen LogP contribution in [0.1, 0.15) is 28.8 Å². The molecule has 2 amide bonds. The molecular formula is C15H20FN3O2. The fraction of sp³-hybridized carbons (Fsp3) is 0.467. The summed E-state index contributed by atoms with van der Waals surface area (Å²) < 4.78 is 14.0. The fourth-order valence-corrected chi connectivity index (χ4v) is 2.58. The van der Waals surface area contributed by atoms with Crippen LogP contribution in [0.25, 0.3) is 0 Å². The van der Waals surface area contributed by atoms with Gasteiger partial charge in [-0.1, -0.05) is 6.07 Å². The Balaban J connectivity index is 2.26. The highest BCUT2D eigenvalue weighted by molar-refractivity contribution is 5.96. The first kappa shape index (κ1) is 15.4. The van der Waals surface area contributed by atoms with Crippen molar-refractivity contribution in [1.29, 1.82) is 0 Å². The Hall–Kier alpha value is -1.95. The lowest BCUT2D eigenvalue weighted by molar-refractivity contribution is -0.119. The van der Waals surface area contributed by atoms with E-state index in [4.69, 9.17) is 5.73 Å². The third-order valence-electron chi connectivity index (χ3n) is 3.65. The molecule has 1 aromatic carbocycles. The van der Waals surface area contributed by atoms with E-state index in [1.807, 2.05) is 0 Å². The molecule has 0 radical (unpaired) electrons. The number of nitrogens with zero attached hydrogens (tertiary/aromatic N) is 1. The monoisotopic (exact) mass is 293 g/mol. The number of nitrogens with two attached hydrogens (primary N) is 1. The van der Waals surface area contributed by atoms with Gasteiger partial charge in [0.25, 0.3) is 5.91 Å². The third kappa shape index (κ3) is 3.78. The Morgan fingerprint density at radius 3 is 2.81 bits per heavy atom. The number of carbonyl (C=O) groups excluding carboxylic acids is 2. The zero-order valence-corrected chi connectivity index (χ0v) is 12.1. The van der Waals surface area contributed by atoms with Crippen LogP contribution in [-0.4, -0.2) is 42.4 Å². The van der Waals surface area contributed by atoms with E-state index in [9.17, 15) is 14.0 Å². The van der Waals surface area contributed by atoms with E-state index >= 15 is 0 Å². The molecule has 3 N–H and O–H groups in total. The topological polar surface area (TPSA) is 75.4 Å². The van der Waals surface area contributed by atoms with E-state index in [-0.39, 0.29) is 18.2 Å². The van der Waals surface area contributed by atoms with E-state index in [0.29, 0.717) is 6.54 Å². The molecule has 1 saturated heterocycles. The number of hydrogen-bond acceptors (Lipinski definition) is 3. The number of amides is 2. The number of benzene rings is 1. The minimum absolute atomic E-state index is 0.0209. The summed E-state index contributed by atoms with van der Waals surface area (Å²) in [5.41, 5.74) is 5.95. The highest BCUT2D eigenvalue weighted by atomic mass is 19.1. The van der Waals surface area contributed by atoms with Gasteiger partial charge in [-0.15, -0.1) is 0 Å². The number of nitrogens with one attached hydrogen (secondary N) is 1. The van der Waals surface area contributed by atoms with Crippen LogP contribution in [0, 0.1) is 12.7 Å². The largest absolute Gasteiger partial charge is 0.368 e. The summed E-state index contributed by atoms with van der Waals surface area (Å²) in [4.78, 5) is 25.2. The van der Waals surface area contributed by atoms with E-state index < -0.39 is 17.6 Å². The van der Waals surface area contributed by atoms with Crippen molar-refractivity contribution in [2.75, 3.05) is 19.6 Å². The van der Waals surface area contributed by atoms with Crippen molar-refractivity contribution in [3.63, 3.8) is 0 Å². The van der Waals surface area contributed by atoms with Gasteiger partial charge in [-0.25, -0.2) is 4.39 Å².